The van der Waals surface area contributed by atoms with Crippen LogP contribution in [-0.4, -0.2) is 14.9 Å². The summed E-state index contributed by atoms with van der Waals surface area (Å²) in [4.78, 5) is 18.0. The second-order valence-corrected chi connectivity index (χ2v) is 4.97. The van der Waals surface area contributed by atoms with Crippen molar-refractivity contribution >= 4 is 28.4 Å². The normalized spacial score (nSPS) is 11.7. The Labute approximate surface area is 137 Å². The van der Waals surface area contributed by atoms with Crippen molar-refractivity contribution < 1.29 is 4.92 Å². The highest BCUT2D eigenvalue weighted by atomic mass is 16.6. The first-order chi connectivity index (χ1) is 11.7. The van der Waals surface area contributed by atoms with Crippen molar-refractivity contribution in [1.82, 2.24) is 9.97 Å². The lowest BCUT2D eigenvalue weighted by atomic mass is 10.1. The number of nitro groups is 1. The molecule has 3 rings (SSSR count). The average molecular weight is 316 g/mol. The van der Waals surface area contributed by atoms with Crippen LogP contribution >= 0.6 is 0 Å². The van der Waals surface area contributed by atoms with Crippen LogP contribution in [0, 0.1) is 21.4 Å². The Bertz CT molecular complexity index is 976. The Kier molecular flexibility index (Phi) is 4.17. The predicted molar refractivity (Wildman–Crippen MR) is 91.8 cm³/mol. The van der Waals surface area contributed by atoms with Crippen molar-refractivity contribution in [2.45, 2.75) is 0 Å². The molecule has 0 spiro atoms. The molecular formula is C18H12N4O2. The van der Waals surface area contributed by atoms with Crippen molar-refractivity contribution in [2.24, 2.45) is 0 Å². The number of para-hydroxylation sites is 3. The molecule has 0 radical (unpaired) electrons. The van der Waals surface area contributed by atoms with Crippen molar-refractivity contribution in [1.29, 1.82) is 5.26 Å². The third kappa shape index (κ3) is 3.05. The smallest absolute Gasteiger partial charge is 0.276 e. The lowest BCUT2D eigenvalue weighted by Crippen LogP contribution is -1.90. The van der Waals surface area contributed by atoms with Gasteiger partial charge in [0, 0.05) is 6.07 Å². The fraction of sp³-hybridized carbons (Fsp3) is 0. The molecule has 0 amide bonds. The van der Waals surface area contributed by atoms with Gasteiger partial charge in [0.05, 0.1) is 27.1 Å². The molecule has 116 valence electrons. The van der Waals surface area contributed by atoms with E-state index in [1.165, 1.54) is 6.07 Å². The number of nitrogens with one attached hydrogen (secondary N) is 1. The number of fused-ring (bicyclic) bond motifs is 1. The maximum Gasteiger partial charge on any atom is 0.276 e. The number of H-pyrrole nitrogens is 1. The quantitative estimate of drug-likeness (QED) is 0.339. The summed E-state index contributed by atoms with van der Waals surface area (Å²) >= 11 is 0. The standard InChI is InChI=1S/C18H12N4O2/c19-12-14(18-20-15-9-2-3-10-16(15)21-18)8-5-7-13-6-1-4-11-17(13)22(23)24/h1-11H,(H,20,21)/b7-5+,14-8+. The summed E-state index contributed by atoms with van der Waals surface area (Å²) in [7, 11) is 0. The largest absolute Gasteiger partial charge is 0.337 e. The number of benzene rings is 2. The number of aromatic amines is 1. The number of aromatic nitrogens is 2. The summed E-state index contributed by atoms with van der Waals surface area (Å²) in [6.07, 6.45) is 4.78. The van der Waals surface area contributed by atoms with Gasteiger partial charge in [0.25, 0.3) is 5.69 Å². The first-order valence-electron chi connectivity index (χ1n) is 7.16. The lowest BCUT2D eigenvalue weighted by molar-refractivity contribution is -0.385. The summed E-state index contributed by atoms with van der Waals surface area (Å²) in [5.74, 6) is 0.464. The van der Waals surface area contributed by atoms with Gasteiger partial charge in [-0.3, -0.25) is 10.1 Å². The van der Waals surface area contributed by atoms with E-state index in [9.17, 15) is 15.4 Å². The van der Waals surface area contributed by atoms with E-state index >= 15 is 0 Å². The van der Waals surface area contributed by atoms with Crippen molar-refractivity contribution in [2.75, 3.05) is 0 Å². The van der Waals surface area contributed by atoms with Crippen LogP contribution in [0.5, 0.6) is 0 Å². The number of imidazole rings is 1. The Morgan fingerprint density at radius 1 is 1.21 bits per heavy atom. The summed E-state index contributed by atoms with van der Waals surface area (Å²) < 4.78 is 0. The molecule has 24 heavy (non-hydrogen) atoms. The zero-order valence-corrected chi connectivity index (χ0v) is 12.5. The zero-order chi connectivity index (χ0) is 16.9. The molecule has 2 aromatic carbocycles. The maximum atomic E-state index is 11.0. The summed E-state index contributed by atoms with van der Waals surface area (Å²) in [6, 6.07) is 16.0. The number of allylic oxidation sites excluding steroid dienone is 3. The minimum Gasteiger partial charge on any atom is -0.337 e. The van der Waals surface area contributed by atoms with E-state index in [4.69, 9.17) is 0 Å². The molecule has 0 aliphatic heterocycles. The van der Waals surface area contributed by atoms with Crippen LogP contribution in [0.15, 0.2) is 60.7 Å². The van der Waals surface area contributed by atoms with E-state index < -0.39 is 4.92 Å². The first-order valence-corrected chi connectivity index (χ1v) is 7.16. The van der Waals surface area contributed by atoms with Gasteiger partial charge in [-0.25, -0.2) is 4.98 Å². The fourth-order valence-corrected chi connectivity index (χ4v) is 2.29. The van der Waals surface area contributed by atoms with Gasteiger partial charge in [0.1, 0.15) is 11.9 Å². The molecule has 0 aliphatic carbocycles. The summed E-state index contributed by atoms with van der Waals surface area (Å²) in [5.41, 5.74) is 2.46. The summed E-state index contributed by atoms with van der Waals surface area (Å²) in [5, 5.41) is 20.3. The minimum absolute atomic E-state index is 0.0180. The molecular weight excluding hydrogens is 304 g/mol. The van der Waals surface area contributed by atoms with Crippen LogP contribution < -0.4 is 0 Å². The van der Waals surface area contributed by atoms with E-state index in [2.05, 4.69) is 16.0 Å². The SMILES string of the molecule is N#C/C(=C\C=C\c1ccccc1[N+](=O)[O-])c1nc2ccccc2[nH]1. The Morgan fingerprint density at radius 3 is 2.71 bits per heavy atom. The van der Waals surface area contributed by atoms with Gasteiger partial charge in [0.15, 0.2) is 0 Å². The molecule has 6 nitrogen and oxygen atoms in total. The molecule has 0 aliphatic rings. The number of rotatable bonds is 4. The van der Waals surface area contributed by atoms with Crippen LogP contribution in [0.4, 0.5) is 5.69 Å². The van der Waals surface area contributed by atoms with Crippen LogP contribution in [0.2, 0.25) is 0 Å². The van der Waals surface area contributed by atoms with Gasteiger partial charge in [-0.15, -0.1) is 0 Å². The molecule has 0 atom stereocenters. The topological polar surface area (TPSA) is 95.6 Å². The Balaban J connectivity index is 1.92. The predicted octanol–water partition coefficient (Wildman–Crippen LogP) is 4.09. The molecule has 0 bridgehead atoms. The molecule has 1 heterocycles. The van der Waals surface area contributed by atoms with Crippen LogP contribution in [0.25, 0.3) is 22.7 Å². The summed E-state index contributed by atoms with van der Waals surface area (Å²) in [6.45, 7) is 0. The number of nitrogens with zero attached hydrogens (tertiary/aromatic N) is 3. The molecule has 6 heteroatoms. The molecule has 1 aromatic heterocycles. The van der Waals surface area contributed by atoms with Gasteiger partial charge in [-0.2, -0.15) is 5.26 Å². The zero-order valence-electron chi connectivity index (χ0n) is 12.5. The Morgan fingerprint density at radius 2 is 1.96 bits per heavy atom. The van der Waals surface area contributed by atoms with Gasteiger partial charge < -0.3 is 4.98 Å². The van der Waals surface area contributed by atoms with Crippen LogP contribution in [0.1, 0.15) is 11.4 Å². The van der Waals surface area contributed by atoms with E-state index in [0.717, 1.165) is 11.0 Å². The molecule has 0 unspecified atom stereocenters. The molecule has 3 aromatic rings. The first kappa shape index (κ1) is 15.2. The average Bonchev–Trinajstić information content (AvgIpc) is 3.02. The maximum absolute atomic E-state index is 11.0. The monoisotopic (exact) mass is 316 g/mol. The Hall–Kier alpha value is -3.72. The van der Waals surface area contributed by atoms with E-state index in [1.54, 1.807) is 36.4 Å². The third-order valence-corrected chi connectivity index (χ3v) is 3.44. The number of nitriles is 1. The highest BCUT2D eigenvalue weighted by Crippen LogP contribution is 2.20. The van der Waals surface area contributed by atoms with Gasteiger partial charge >= 0.3 is 0 Å². The molecule has 0 saturated heterocycles. The van der Waals surface area contributed by atoms with Crippen molar-refractivity contribution in [3.05, 3.63) is 82.2 Å². The van der Waals surface area contributed by atoms with Gasteiger partial charge in [-0.05, 0) is 30.4 Å². The third-order valence-electron chi connectivity index (χ3n) is 3.44. The van der Waals surface area contributed by atoms with Crippen molar-refractivity contribution in [3.8, 4) is 6.07 Å². The van der Waals surface area contributed by atoms with Crippen LogP contribution in [-0.2, 0) is 0 Å². The highest BCUT2D eigenvalue weighted by molar-refractivity contribution is 5.83. The number of hydrogen-bond donors (Lipinski definition) is 1. The number of nitro benzene ring substituents is 1. The van der Waals surface area contributed by atoms with Crippen molar-refractivity contribution in [3.63, 3.8) is 0 Å². The molecule has 0 fully saturated rings. The molecule has 1 N–H and O–H groups in total. The van der Waals surface area contributed by atoms with E-state index in [-0.39, 0.29) is 5.69 Å². The number of hydrogen-bond acceptors (Lipinski definition) is 4. The highest BCUT2D eigenvalue weighted by Gasteiger charge is 2.09. The van der Waals surface area contributed by atoms with E-state index in [0.29, 0.717) is 17.0 Å². The second kappa shape index (κ2) is 6.58. The van der Waals surface area contributed by atoms with E-state index in [1.807, 2.05) is 24.3 Å². The minimum atomic E-state index is -0.437. The van der Waals surface area contributed by atoms with Crippen LogP contribution in [0.3, 0.4) is 0 Å². The lowest BCUT2D eigenvalue weighted by Gasteiger charge is -1.95. The second-order valence-electron chi connectivity index (χ2n) is 4.97. The van der Waals surface area contributed by atoms with Gasteiger partial charge in [0.2, 0.25) is 0 Å². The van der Waals surface area contributed by atoms with Gasteiger partial charge in [-0.1, -0.05) is 30.3 Å². The fourth-order valence-electron chi connectivity index (χ4n) is 2.29. The molecule has 0 saturated carbocycles.